The van der Waals surface area contributed by atoms with E-state index in [1.54, 1.807) is 25.7 Å². The summed E-state index contributed by atoms with van der Waals surface area (Å²) in [7, 11) is 0. The minimum absolute atomic E-state index is 0.0669. The number of carbonyl (C=O) groups excluding carboxylic acids is 2. The van der Waals surface area contributed by atoms with Crippen molar-refractivity contribution >= 4 is 12.0 Å². The zero-order valence-electron chi connectivity index (χ0n) is 15.8. The molecule has 1 rings (SSSR count). The Morgan fingerprint density at radius 2 is 1.96 bits per heavy atom. The first-order valence-electron chi connectivity index (χ1n) is 8.80. The van der Waals surface area contributed by atoms with Crippen LogP contribution in [0.2, 0.25) is 0 Å². The molecule has 1 heterocycles. The summed E-state index contributed by atoms with van der Waals surface area (Å²) in [5.41, 5.74) is -0.621. The Labute approximate surface area is 145 Å². The maximum absolute atomic E-state index is 13.0. The fraction of sp³-hybridized carbons (Fsp3) is 0.833. The molecule has 0 aromatic carbocycles. The van der Waals surface area contributed by atoms with E-state index in [9.17, 15) is 14.9 Å². The van der Waals surface area contributed by atoms with E-state index < -0.39 is 23.8 Å². The van der Waals surface area contributed by atoms with Gasteiger partial charge >= 0.3 is 6.09 Å². The molecule has 1 fully saturated rings. The van der Waals surface area contributed by atoms with Gasteiger partial charge in [-0.05, 0) is 52.4 Å². The number of ether oxygens (including phenoxy) is 1. The lowest BCUT2D eigenvalue weighted by Crippen LogP contribution is -2.53. The normalized spacial score (nSPS) is 22.2. The van der Waals surface area contributed by atoms with E-state index in [0.717, 1.165) is 12.8 Å². The van der Waals surface area contributed by atoms with E-state index >= 15 is 0 Å². The van der Waals surface area contributed by atoms with Crippen LogP contribution in [0.25, 0.3) is 0 Å². The standard InChI is InChI=1S/C18H31N3O3/c1-7-13-8-9-14(11-19)21(13)16(22)15(10-12(2)3)20-17(23)24-18(4,5)6/h12-15H,7-10H2,1-6H3,(H,20,23)/t13-,14?,15-/m0/s1. The van der Waals surface area contributed by atoms with Crippen molar-refractivity contribution < 1.29 is 14.3 Å². The fourth-order valence-corrected chi connectivity index (χ4v) is 3.07. The van der Waals surface area contributed by atoms with Crippen LogP contribution in [0.1, 0.15) is 67.2 Å². The third-order valence-corrected chi connectivity index (χ3v) is 4.07. The van der Waals surface area contributed by atoms with Gasteiger partial charge in [0.05, 0.1) is 6.07 Å². The number of nitriles is 1. The molecule has 0 radical (unpaired) electrons. The highest BCUT2D eigenvalue weighted by Crippen LogP contribution is 2.27. The number of nitrogens with one attached hydrogen (secondary N) is 1. The Kier molecular flexibility index (Phi) is 7.07. The first-order chi connectivity index (χ1) is 11.1. The molecule has 1 N–H and O–H groups in total. The Balaban J connectivity index is 2.92. The molecule has 0 aliphatic carbocycles. The minimum atomic E-state index is -0.664. The van der Waals surface area contributed by atoms with Gasteiger partial charge in [0.15, 0.2) is 0 Å². The van der Waals surface area contributed by atoms with Crippen molar-refractivity contribution in [3.63, 3.8) is 0 Å². The summed E-state index contributed by atoms with van der Waals surface area (Å²) < 4.78 is 5.28. The third kappa shape index (κ3) is 5.70. The average Bonchev–Trinajstić information content (AvgIpc) is 2.86. The van der Waals surface area contributed by atoms with Crippen molar-refractivity contribution in [2.24, 2.45) is 5.92 Å². The predicted octanol–water partition coefficient (Wildman–Crippen LogP) is 3.22. The van der Waals surface area contributed by atoms with Crippen LogP contribution in [-0.2, 0) is 9.53 Å². The molecule has 0 aromatic heterocycles. The molecular formula is C18H31N3O3. The molecule has 2 amide bonds. The molecule has 6 heteroatoms. The summed E-state index contributed by atoms with van der Waals surface area (Å²) >= 11 is 0. The lowest BCUT2D eigenvalue weighted by atomic mass is 10.0. The van der Waals surface area contributed by atoms with Crippen molar-refractivity contribution in [3.05, 3.63) is 0 Å². The summed E-state index contributed by atoms with van der Waals surface area (Å²) in [4.78, 5) is 26.8. The first kappa shape index (κ1) is 20.3. The molecular weight excluding hydrogens is 306 g/mol. The quantitative estimate of drug-likeness (QED) is 0.835. The Morgan fingerprint density at radius 3 is 2.42 bits per heavy atom. The molecule has 1 unspecified atom stereocenters. The van der Waals surface area contributed by atoms with Gasteiger partial charge in [0, 0.05) is 6.04 Å². The Bertz CT molecular complexity index is 491. The zero-order valence-corrected chi connectivity index (χ0v) is 15.8. The maximum Gasteiger partial charge on any atom is 0.408 e. The van der Waals surface area contributed by atoms with Crippen LogP contribution in [0.5, 0.6) is 0 Å². The molecule has 3 atom stereocenters. The molecule has 0 bridgehead atoms. The van der Waals surface area contributed by atoms with Gasteiger partial charge in [0.25, 0.3) is 0 Å². The summed E-state index contributed by atoms with van der Waals surface area (Å²) in [5, 5.41) is 12.1. The van der Waals surface area contributed by atoms with E-state index in [0.29, 0.717) is 12.8 Å². The molecule has 24 heavy (non-hydrogen) atoms. The van der Waals surface area contributed by atoms with Gasteiger partial charge in [0.2, 0.25) is 5.91 Å². The number of rotatable bonds is 5. The average molecular weight is 337 g/mol. The zero-order chi connectivity index (χ0) is 18.5. The van der Waals surface area contributed by atoms with E-state index in [1.807, 2.05) is 20.8 Å². The van der Waals surface area contributed by atoms with Gasteiger partial charge in [-0.2, -0.15) is 5.26 Å². The van der Waals surface area contributed by atoms with Crippen LogP contribution in [0.4, 0.5) is 4.79 Å². The molecule has 6 nitrogen and oxygen atoms in total. The Morgan fingerprint density at radius 1 is 1.33 bits per heavy atom. The number of alkyl carbamates (subject to hydrolysis) is 1. The number of hydrogen-bond donors (Lipinski definition) is 1. The Hall–Kier alpha value is -1.77. The molecule has 0 aromatic rings. The number of nitrogens with zero attached hydrogens (tertiary/aromatic N) is 2. The number of carbonyl (C=O) groups is 2. The molecule has 136 valence electrons. The van der Waals surface area contributed by atoms with Gasteiger partial charge in [-0.25, -0.2) is 4.79 Å². The van der Waals surface area contributed by atoms with Crippen LogP contribution in [0.3, 0.4) is 0 Å². The van der Waals surface area contributed by atoms with Gasteiger partial charge in [-0.15, -0.1) is 0 Å². The second-order valence-electron chi connectivity index (χ2n) is 7.86. The second-order valence-corrected chi connectivity index (χ2v) is 7.86. The van der Waals surface area contributed by atoms with Gasteiger partial charge < -0.3 is 15.0 Å². The summed E-state index contributed by atoms with van der Waals surface area (Å²) in [6.45, 7) is 11.4. The van der Waals surface area contributed by atoms with E-state index in [2.05, 4.69) is 11.4 Å². The van der Waals surface area contributed by atoms with E-state index in [1.165, 1.54) is 0 Å². The lowest BCUT2D eigenvalue weighted by Gasteiger charge is -2.32. The lowest BCUT2D eigenvalue weighted by molar-refractivity contribution is -0.136. The summed E-state index contributed by atoms with van der Waals surface area (Å²) in [5.74, 6) is 0.0579. The number of amides is 2. The summed E-state index contributed by atoms with van der Waals surface area (Å²) in [6, 6.07) is 1.22. The van der Waals surface area contributed by atoms with Crippen molar-refractivity contribution in [2.75, 3.05) is 0 Å². The van der Waals surface area contributed by atoms with Crippen molar-refractivity contribution in [3.8, 4) is 6.07 Å². The highest BCUT2D eigenvalue weighted by atomic mass is 16.6. The molecule has 1 saturated heterocycles. The topological polar surface area (TPSA) is 82.4 Å². The third-order valence-electron chi connectivity index (χ3n) is 4.07. The summed E-state index contributed by atoms with van der Waals surface area (Å²) in [6.07, 6.45) is 2.26. The maximum atomic E-state index is 13.0. The predicted molar refractivity (Wildman–Crippen MR) is 92.2 cm³/mol. The molecule has 0 spiro atoms. The number of likely N-dealkylation sites (tertiary alicyclic amines) is 1. The molecule has 0 saturated carbocycles. The van der Waals surface area contributed by atoms with Crippen molar-refractivity contribution in [2.45, 2.75) is 91.0 Å². The first-order valence-corrected chi connectivity index (χ1v) is 8.80. The van der Waals surface area contributed by atoms with Crippen LogP contribution in [0, 0.1) is 17.2 Å². The second kappa shape index (κ2) is 8.36. The highest BCUT2D eigenvalue weighted by Gasteiger charge is 2.39. The van der Waals surface area contributed by atoms with E-state index in [-0.39, 0.29) is 17.9 Å². The molecule has 1 aliphatic heterocycles. The van der Waals surface area contributed by atoms with Gasteiger partial charge in [-0.3, -0.25) is 4.79 Å². The smallest absolute Gasteiger partial charge is 0.408 e. The highest BCUT2D eigenvalue weighted by molar-refractivity contribution is 5.86. The van der Waals surface area contributed by atoms with Gasteiger partial charge in [-0.1, -0.05) is 20.8 Å². The van der Waals surface area contributed by atoms with Crippen molar-refractivity contribution in [1.82, 2.24) is 10.2 Å². The van der Waals surface area contributed by atoms with Crippen LogP contribution in [0.15, 0.2) is 0 Å². The fourth-order valence-electron chi connectivity index (χ4n) is 3.07. The van der Waals surface area contributed by atoms with Gasteiger partial charge in [0.1, 0.15) is 17.7 Å². The monoisotopic (exact) mass is 337 g/mol. The minimum Gasteiger partial charge on any atom is -0.444 e. The van der Waals surface area contributed by atoms with Crippen LogP contribution < -0.4 is 5.32 Å². The van der Waals surface area contributed by atoms with Crippen LogP contribution >= 0.6 is 0 Å². The molecule has 1 aliphatic rings. The largest absolute Gasteiger partial charge is 0.444 e. The van der Waals surface area contributed by atoms with Crippen molar-refractivity contribution in [1.29, 1.82) is 5.26 Å². The van der Waals surface area contributed by atoms with Crippen LogP contribution in [-0.4, -0.2) is 40.6 Å². The number of hydrogen-bond acceptors (Lipinski definition) is 4. The SMILES string of the molecule is CC[C@H]1CCC(C#N)N1C(=O)[C@H](CC(C)C)NC(=O)OC(C)(C)C. The van der Waals surface area contributed by atoms with E-state index in [4.69, 9.17) is 4.74 Å².